The smallest absolute Gasteiger partial charge is 0.357 e. The highest BCUT2D eigenvalue weighted by Crippen LogP contribution is 2.21. The topological polar surface area (TPSA) is 68.3 Å². The van der Waals surface area contributed by atoms with Crippen LogP contribution in [-0.2, 0) is 9.53 Å². The Morgan fingerprint density at radius 2 is 1.68 bits per heavy atom. The number of benzene rings is 2. The van der Waals surface area contributed by atoms with E-state index in [4.69, 9.17) is 4.74 Å². The van der Waals surface area contributed by atoms with Crippen LogP contribution >= 0.6 is 0 Å². The summed E-state index contributed by atoms with van der Waals surface area (Å²) in [6.45, 7) is 3.87. The van der Waals surface area contributed by atoms with Crippen LogP contribution in [0.4, 0.5) is 0 Å². The SMILES string of the molecule is CC(C)C[C@H](NC(=O)COC(=O)c1ccc2ccccc2n1)c1ccccc1. The number of amides is 1. The molecule has 0 spiro atoms. The molecule has 0 saturated carbocycles. The number of nitrogens with one attached hydrogen (secondary N) is 1. The molecule has 1 heterocycles. The number of pyridine rings is 1. The number of fused-ring (bicyclic) bond motifs is 1. The molecule has 0 aliphatic rings. The van der Waals surface area contributed by atoms with Crippen molar-refractivity contribution in [3.63, 3.8) is 0 Å². The Hall–Kier alpha value is -3.21. The van der Waals surface area contributed by atoms with Gasteiger partial charge in [0.2, 0.25) is 0 Å². The third kappa shape index (κ3) is 5.16. The van der Waals surface area contributed by atoms with Crippen molar-refractivity contribution in [2.75, 3.05) is 6.61 Å². The standard InChI is InChI=1S/C23H24N2O3/c1-16(2)14-21(17-8-4-3-5-9-17)25-22(26)15-28-23(27)20-13-12-18-10-6-7-11-19(18)24-20/h3-13,16,21H,14-15H2,1-2H3,(H,25,26)/t21-/m0/s1. The van der Waals surface area contributed by atoms with E-state index in [0.717, 1.165) is 17.4 Å². The molecule has 3 aromatic rings. The van der Waals surface area contributed by atoms with E-state index in [1.807, 2.05) is 60.7 Å². The summed E-state index contributed by atoms with van der Waals surface area (Å²) in [5.74, 6) is -0.528. The number of nitrogens with zero attached hydrogens (tertiary/aromatic N) is 1. The van der Waals surface area contributed by atoms with Gasteiger partial charge in [-0.3, -0.25) is 4.79 Å². The van der Waals surface area contributed by atoms with Gasteiger partial charge in [0.05, 0.1) is 11.6 Å². The first kappa shape index (κ1) is 19.5. The maximum Gasteiger partial charge on any atom is 0.357 e. The van der Waals surface area contributed by atoms with Gasteiger partial charge in [0.1, 0.15) is 5.69 Å². The van der Waals surface area contributed by atoms with E-state index in [-0.39, 0.29) is 24.2 Å². The number of ether oxygens (including phenoxy) is 1. The molecule has 1 atom stereocenters. The van der Waals surface area contributed by atoms with Gasteiger partial charge in [-0.25, -0.2) is 9.78 Å². The Kier molecular flexibility index (Phi) is 6.37. The number of carbonyl (C=O) groups is 2. The Bertz CT molecular complexity index is 954. The maximum atomic E-state index is 12.3. The van der Waals surface area contributed by atoms with Crippen LogP contribution in [0, 0.1) is 5.92 Å². The number of hydrogen-bond donors (Lipinski definition) is 1. The van der Waals surface area contributed by atoms with Gasteiger partial charge in [-0.15, -0.1) is 0 Å². The molecule has 1 N–H and O–H groups in total. The predicted molar refractivity (Wildman–Crippen MR) is 109 cm³/mol. The molecular weight excluding hydrogens is 352 g/mol. The van der Waals surface area contributed by atoms with Crippen molar-refractivity contribution in [3.8, 4) is 0 Å². The Morgan fingerprint density at radius 1 is 0.964 bits per heavy atom. The monoisotopic (exact) mass is 376 g/mol. The van der Waals surface area contributed by atoms with Gasteiger partial charge in [-0.1, -0.05) is 68.4 Å². The van der Waals surface area contributed by atoms with E-state index in [1.165, 1.54) is 0 Å². The summed E-state index contributed by atoms with van der Waals surface area (Å²) in [6.07, 6.45) is 0.802. The fourth-order valence-corrected chi connectivity index (χ4v) is 3.06. The van der Waals surface area contributed by atoms with Gasteiger partial charge in [0.25, 0.3) is 5.91 Å². The van der Waals surface area contributed by atoms with E-state index in [1.54, 1.807) is 6.07 Å². The largest absolute Gasteiger partial charge is 0.451 e. The van der Waals surface area contributed by atoms with Crippen LogP contribution in [0.15, 0.2) is 66.7 Å². The number of esters is 1. The highest BCUT2D eigenvalue weighted by molar-refractivity contribution is 5.92. The van der Waals surface area contributed by atoms with Gasteiger partial charge >= 0.3 is 5.97 Å². The quantitative estimate of drug-likeness (QED) is 0.625. The average molecular weight is 376 g/mol. The van der Waals surface area contributed by atoms with E-state index in [9.17, 15) is 9.59 Å². The van der Waals surface area contributed by atoms with Crippen molar-refractivity contribution in [3.05, 3.63) is 78.0 Å². The Labute approximate surface area is 164 Å². The lowest BCUT2D eigenvalue weighted by molar-refractivity contribution is -0.125. The Balaban J connectivity index is 1.60. The molecule has 144 valence electrons. The lowest BCUT2D eigenvalue weighted by Crippen LogP contribution is -2.33. The van der Waals surface area contributed by atoms with Crippen molar-refractivity contribution < 1.29 is 14.3 Å². The van der Waals surface area contributed by atoms with E-state index in [0.29, 0.717) is 11.4 Å². The first-order chi connectivity index (χ1) is 13.5. The third-order valence-corrected chi connectivity index (χ3v) is 4.39. The van der Waals surface area contributed by atoms with Gasteiger partial charge in [-0.2, -0.15) is 0 Å². The molecule has 3 rings (SSSR count). The number of aromatic nitrogens is 1. The summed E-state index contributed by atoms with van der Waals surface area (Å²) in [4.78, 5) is 28.9. The summed E-state index contributed by atoms with van der Waals surface area (Å²) in [6, 6.07) is 20.6. The summed E-state index contributed by atoms with van der Waals surface area (Å²) in [5.41, 5.74) is 1.93. The second-order valence-corrected chi connectivity index (χ2v) is 7.13. The van der Waals surface area contributed by atoms with Crippen molar-refractivity contribution in [2.45, 2.75) is 26.3 Å². The lowest BCUT2D eigenvalue weighted by Gasteiger charge is -2.21. The van der Waals surface area contributed by atoms with E-state index >= 15 is 0 Å². The van der Waals surface area contributed by atoms with Crippen molar-refractivity contribution in [2.24, 2.45) is 5.92 Å². The van der Waals surface area contributed by atoms with Crippen LogP contribution in [0.2, 0.25) is 0 Å². The summed E-state index contributed by atoms with van der Waals surface area (Å²) in [7, 11) is 0. The zero-order chi connectivity index (χ0) is 19.9. The highest BCUT2D eigenvalue weighted by Gasteiger charge is 2.18. The van der Waals surface area contributed by atoms with E-state index in [2.05, 4.69) is 24.1 Å². The van der Waals surface area contributed by atoms with Crippen molar-refractivity contribution in [1.82, 2.24) is 10.3 Å². The van der Waals surface area contributed by atoms with Crippen LogP contribution in [-0.4, -0.2) is 23.5 Å². The molecule has 0 aliphatic heterocycles. The molecule has 1 aromatic heterocycles. The highest BCUT2D eigenvalue weighted by atomic mass is 16.5. The maximum absolute atomic E-state index is 12.3. The fourth-order valence-electron chi connectivity index (χ4n) is 3.06. The van der Waals surface area contributed by atoms with Crippen LogP contribution in [0.25, 0.3) is 10.9 Å². The number of para-hydroxylation sites is 1. The normalized spacial score (nSPS) is 12.0. The number of carbonyl (C=O) groups excluding carboxylic acids is 2. The van der Waals surface area contributed by atoms with Crippen LogP contribution in [0.1, 0.15) is 42.4 Å². The number of rotatable bonds is 7. The predicted octanol–water partition coefficient (Wildman–Crippen LogP) is 4.30. The van der Waals surface area contributed by atoms with Crippen LogP contribution < -0.4 is 5.32 Å². The minimum atomic E-state index is -0.610. The molecular formula is C23H24N2O3. The minimum Gasteiger partial charge on any atom is -0.451 e. The van der Waals surface area contributed by atoms with Crippen molar-refractivity contribution in [1.29, 1.82) is 0 Å². The molecule has 0 unspecified atom stereocenters. The van der Waals surface area contributed by atoms with Crippen molar-refractivity contribution >= 4 is 22.8 Å². The molecule has 0 bridgehead atoms. The second-order valence-electron chi connectivity index (χ2n) is 7.13. The van der Waals surface area contributed by atoms with Gasteiger partial charge in [0, 0.05) is 5.39 Å². The minimum absolute atomic E-state index is 0.119. The first-order valence-electron chi connectivity index (χ1n) is 9.40. The molecule has 2 aromatic carbocycles. The average Bonchev–Trinajstić information content (AvgIpc) is 2.71. The first-order valence-corrected chi connectivity index (χ1v) is 9.40. The zero-order valence-corrected chi connectivity index (χ0v) is 16.1. The lowest BCUT2D eigenvalue weighted by atomic mass is 9.97. The molecule has 0 saturated heterocycles. The molecule has 5 nitrogen and oxygen atoms in total. The third-order valence-electron chi connectivity index (χ3n) is 4.39. The molecule has 28 heavy (non-hydrogen) atoms. The van der Waals surface area contributed by atoms with Gasteiger partial charge in [-0.05, 0) is 30.0 Å². The van der Waals surface area contributed by atoms with E-state index < -0.39 is 5.97 Å². The van der Waals surface area contributed by atoms with Crippen LogP contribution in [0.3, 0.4) is 0 Å². The summed E-state index contributed by atoms with van der Waals surface area (Å²) < 4.78 is 5.17. The zero-order valence-electron chi connectivity index (χ0n) is 16.1. The molecule has 0 fully saturated rings. The van der Waals surface area contributed by atoms with Crippen LogP contribution in [0.5, 0.6) is 0 Å². The molecule has 1 amide bonds. The van der Waals surface area contributed by atoms with Gasteiger partial charge in [0.15, 0.2) is 6.61 Å². The fraction of sp³-hybridized carbons (Fsp3) is 0.261. The molecule has 0 radical (unpaired) electrons. The summed E-state index contributed by atoms with van der Waals surface area (Å²) in [5, 5.41) is 3.91. The molecule has 5 heteroatoms. The Morgan fingerprint density at radius 3 is 2.43 bits per heavy atom. The number of hydrogen-bond acceptors (Lipinski definition) is 4. The van der Waals surface area contributed by atoms with Gasteiger partial charge < -0.3 is 10.1 Å². The summed E-state index contributed by atoms with van der Waals surface area (Å²) >= 11 is 0. The second kappa shape index (κ2) is 9.13. The molecule has 0 aliphatic carbocycles.